The molecular weight excluding hydrogens is 340 g/mol. The Hall–Kier alpha value is -0.470. The summed E-state index contributed by atoms with van der Waals surface area (Å²) in [6.07, 6.45) is 14.5. The number of aryl methyl sites for hydroxylation is 1. The molecule has 0 amide bonds. The Balaban J connectivity index is 1.33. The lowest BCUT2D eigenvalue weighted by Gasteiger charge is -2.31. The molecule has 4 rings (SSSR count). The molecule has 2 heterocycles. The Bertz CT molecular complexity index is 714. The fourth-order valence-electron chi connectivity index (χ4n) is 4.83. The number of unbranched alkanes of at least 4 members (excludes halogenated alkanes) is 5. The van der Waals surface area contributed by atoms with Gasteiger partial charge in [-0.15, -0.1) is 23.1 Å². The third-order valence-corrected chi connectivity index (χ3v) is 9.21. The van der Waals surface area contributed by atoms with Crippen LogP contribution in [0.25, 0.3) is 10.1 Å². The molecule has 1 saturated carbocycles. The first-order valence-electron chi connectivity index (χ1n) is 10.5. The minimum absolute atomic E-state index is 0.860. The zero-order valence-electron chi connectivity index (χ0n) is 15.9. The van der Waals surface area contributed by atoms with E-state index in [-0.39, 0.29) is 0 Å². The quantitative estimate of drug-likeness (QED) is 0.440. The van der Waals surface area contributed by atoms with Crippen LogP contribution in [0.2, 0.25) is 0 Å². The van der Waals surface area contributed by atoms with Gasteiger partial charge in [0, 0.05) is 31.0 Å². The minimum atomic E-state index is 0.860. The van der Waals surface area contributed by atoms with Crippen LogP contribution in [0.3, 0.4) is 0 Å². The second-order valence-corrected chi connectivity index (χ2v) is 10.6. The second-order valence-electron chi connectivity index (χ2n) is 8.29. The van der Waals surface area contributed by atoms with Gasteiger partial charge in [-0.05, 0) is 43.7 Å². The average molecular weight is 373 g/mol. The van der Waals surface area contributed by atoms with Gasteiger partial charge in [0.05, 0.1) is 0 Å². The van der Waals surface area contributed by atoms with Crippen LogP contribution in [-0.4, -0.2) is 5.25 Å². The Labute approximate surface area is 161 Å². The zero-order valence-corrected chi connectivity index (χ0v) is 17.5. The lowest BCUT2D eigenvalue weighted by Crippen LogP contribution is -2.22. The number of hydrogen-bond acceptors (Lipinski definition) is 2. The van der Waals surface area contributed by atoms with Gasteiger partial charge in [-0.2, -0.15) is 0 Å². The normalized spacial score (nSPS) is 25.3. The standard InChI is InChI=1S/C23H32S2/c1-3-4-5-6-7-8-9-17-11-13-19-21(15-17)25-22-18-12-10-16(2)14-20(18)24-23(19)22/h10,12,14,17,19,21H,3-9,11,13,15H2,1-2H3. The molecule has 3 atom stereocenters. The molecule has 1 aromatic carbocycles. The van der Waals surface area contributed by atoms with Crippen molar-refractivity contribution in [2.45, 2.75) is 94.1 Å². The molecule has 136 valence electrons. The molecule has 0 spiro atoms. The van der Waals surface area contributed by atoms with E-state index in [1.165, 1.54) is 79.9 Å². The van der Waals surface area contributed by atoms with Gasteiger partial charge in [0.2, 0.25) is 0 Å². The van der Waals surface area contributed by atoms with E-state index in [9.17, 15) is 0 Å². The average Bonchev–Trinajstić information content (AvgIpc) is 3.12. The van der Waals surface area contributed by atoms with Crippen LogP contribution in [0.1, 0.15) is 87.5 Å². The van der Waals surface area contributed by atoms with Crippen LogP contribution in [0, 0.1) is 12.8 Å². The molecule has 1 aliphatic heterocycles. The van der Waals surface area contributed by atoms with E-state index in [4.69, 9.17) is 0 Å². The third-order valence-electron chi connectivity index (χ3n) is 6.30. The highest BCUT2D eigenvalue weighted by Crippen LogP contribution is 2.58. The summed E-state index contributed by atoms with van der Waals surface area (Å²) < 4.78 is 1.52. The van der Waals surface area contributed by atoms with Gasteiger partial charge in [0.25, 0.3) is 0 Å². The van der Waals surface area contributed by atoms with Crippen LogP contribution in [0.15, 0.2) is 23.1 Å². The van der Waals surface area contributed by atoms with Gasteiger partial charge in [-0.1, -0.05) is 64.0 Å². The van der Waals surface area contributed by atoms with Crippen LogP contribution >= 0.6 is 23.1 Å². The number of benzene rings is 1. The first-order valence-corrected chi connectivity index (χ1v) is 12.2. The van der Waals surface area contributed by atoms with Crippen molar-refractivity contribution in [3.05, 3.63) is 28.6 Å². The predicted molar refractivity (Wildman–Crippen MR) is 114 cm³/mol. The van der Waals surface area contributed by atoms with Gasteiger partial charge in [0.15, 0.2) is 0 Å². The van der Waals surface area contributed by atoms with Gasteiger partial charge < -0.3 is 0 Å². The minimum Gasteiger partial charge on any atom is -0.139 e. The molecule has 2 heteroatoms. The number of hydrogen-bond donors (Lipinski definition) is 0. The van der Waals surface area contributed by atoms with E-state index in [1.807, 2.05) is 0 Å². The fraction of sp³-hybridized carbons (Fsp3) is 0.652. The van der Waals surface area contributed by atoms with Crippen molar-refractivity contribution < 1.29 is 0 Å². The lowest BCUT2D eigenvalue weighted by molar-refractivity contribution is 0.314. The Morgan fingerprint density at radius 1 is 1.04 bits per heavy atom. The van der Waals surface area contributed by atoms with Gasteiger partial charge >= 0.3 is 0 Å². The van der Waals surface area contributed by atoms with Crippen molar-refractivity contribution in [3.63, 3.8) is 0 Å². The molecular formula is C23H32S2. The maximum atomic E-state index is 2.39. The van der Waals surface area contributed by atoms with Crippen molar-refractivity contribution in [1.82, 2.24) is 0 Å². The highest BCUT2D eigenvalue weighted by atomic mass is 32.2. The van der Waals surface area contributed by atoms with Crippen molar-refractivity contribution in [3.8, 4) is 0 Å². The second kappa shape index (κ2) is 8.05. The molecule has 1 fully saturated rings. The zero-order chi connectivity index (χ0) is 17.2. The lowest BCUT2D eigenvalue weighted by atomic mass is 9.79. The molecule has 2 aromatic rings. The Morgan fingerprint density at radius 3 is 2.76 bits per heavy atom. The summed E-state index contributed by atoms with van der Waals surface area (Å²) in [5, 5.41) is 2.42. The van der Waals surface area contributed by atoms with Crippen molar-refractivity contribution in [1.29, 1.82) is 0 Å². The highest BCUT2D eigenvalue weighted by Gasteiger charge is 2.40. The van der Waals surface area contributed by atoms with E-state index in [0.29, 0.717) is 0 Å². The van der Waals surface area contributed by atoms with Crippen LogP contribution in [-0.2, 0) is 0 Å². The molecule has 2 aliphatic rings. The van der Waals surface area contributed by atoms with E-state index in [2.05, 4.69) is 55.1 Å². The first-order chi connectivity index (χ1) is 12.3. The molecule has 0 nitrogen and oxygen atoms in total. The maximum absolute atomic E-state index is 2.39. The summed E-state index contributed by atoms with van der Waals surface area (Å²) in [6.45, 7) is 4.52. The van der Waals surface area contributed by atoms with Gasteiger partial charge in [-0.3, -0.25) is 0 Å². The van der Waals surface area contributed by atoms with Crippen LogP contribution in [0.4, 0.5) is 0 Å². The summed E-state index contributed by atoms with van der Waals surface area (Å²) in [4.78, 5) is 3.38. The number of fused-ring (bicyclic) bond motifs is 5. The summed E-state index contributed by atoms with van der Waals surface area (Å²) >= 11 is 4.32. The number of thiophene rings is 1. The van der Waals surface area contributed by atoms with E-state index in [0.717, 1.165) is 17.1 Å². The Kier molecular flexibility index (Phi) is 5.77. The van der Waals surface area contributed by atoms with E-state index in [1.54, 1.807) is 9.77 Å². The molecule has 25 heavy (non-hydrogen) atoms. The molecule has 0 N–H and O–H groups in total. The monoisotopic (exact) mass is 372 g/mol. The fourth-order valence-corrected chi connectivity index (χ4v) is 8.33. The number of rotatable bonds is 7. The summed E-state index contributed by atoms with van der Waals surface area (Å²) in [6, 6.07) is 7.05. The van der Waals surface area contributed by atoms with E-state index >= 15 is 0 Å². The summed E-state index contributed by atoms with van der Waals surface area (Å²) in [5.74, 6) is 1.86. The van der Waals surface area contributed by atoms with Crippen LogP contribution < -0.4 is 0 Å². The van der Waals surface area contributed by atoms with Crippen LogP contribution in [0.5, 0.6) is 0 Å². The molecule has 1 aliphatic carbocycles. The third kappa shape index (κ3) is 3.81. The first kappa shape index (κ1) is 17.9. The molecule has 1 aromatic heterocycles. The molecule has 0 radical (unpaired) electrons. The van der Waals surface area contributed by atoms with Gasteiger partial charge in [-0.25, -0.2) is 0 Å². The van der Waals surface area contributed by atoms with Crippen molar-refractivity contribution in [2.75, 3.05) is 0 Å². The summed E-state index contributed by atoms with van der Waals surface area (Å²) in [5.41, 5.74) is 1.40. The topological polar surface area (TPSA) is 0 Å². The predicted octanol–water partition coefficient (Wildman–Crippen LogP) is 8.32. The SMILES string of the molecule is CCCCCCCCC1CCC2c3sc4cc(C)ccc4c3SC2C1. The number of thioether (sulfide) groups is 1. The molecule has 0 saturated heterocycles. The van der Waals surface area contributed by atoms with E-state index < -0.39 is 0 Å². The largest absolute Gasteiger partial charge is 0.139 e. The summed E-state index contributed by atoms with van der Waals surface area (Å²) in [7, 11) is 0. The Morgan fingerprint density at radius 2 is 1.88 bits per heavy atom. The maximum Gasteiger partial charge on any atom is 0.0360 e. The molecule has 0 bridgehead atoms. The van der Waals surface area contributed by atoms with Crippen molar-refractivity contribution >= 4 is 33.2 Å². The smallest absolute Gasteiger partial charge is 0.0360 e. The van der Waals surface area contributed by atoms with Crippen molar-refractivity contribution in [2.24, 2.45) is 5.92 Å². The highest BCUT2D eigenvalue weighted by molar-refractivity contribution is 8.00. The molecule has 3 unspecified atom stereocenters. The van der Waals surface area contributed by atoms with Gasteiger partial charge in [0.1, 0.15) is 0 Å².